The molecule has 0 bridgehead atoms. The molecule has 0 aliphatic heterocycles. The quantitative estimate of drug-likeness (QED) is 0.661. The first-order valence-corrected chi connectivity index (χ1v) is 4.20. The van der Waals surface area contributed by atoms with Gasteiger partial charge in [-0.25, -0.2) is 0 Å². The normalized spacial score (nSPS) is 13.8. The van der Waals surface area contributed by atoms with Crippen LogP contribution in [0.1, 0.15) is 27.7 Å². The van der Waals surface area contributed by atoms with Crippen molar-refractivity contribution in [1.29, 1.82) is 0 Å². The van der Waals surface area contributed by atoms with Crippen molar-refractivity contribution in [3.8, 4) is 0 Å². The van der Waals surface area contributed by atoms with Crippen molar-refractivity contribution < 1.29 is 4.79 Å². The van der Waals surface area contributed by atoms with Crippen LogP contribution >= 0.6 is 0 Å². The summed E-state index contributed by atoms with van der Waals surface area (Å²) < 4.78 is 0. The minimum Gasteiger partial charge on any atom is -0.385 e. The van der Waals surface area contributed by atoms with E-state index in [-0.39, 0.29) is 11.9 Å². The third-order valence-corrected chi connectivity index (χ3v) is 1.56. The molecular weight excluding hydrogens is 152 g/mol. The van der Waals surface area contributed by atoms with Gasteiger partial charge >= 0.3 is 0 Å². The summed E-state index contributed by atoms with van der Waals surface area (Å²) in [5, 5.41) is 5.98. The summed E-state index contributed by atoms with van der Waals surface area (Å²) in [7, 11) is 0. The van der Waals surface area contributed by atoms with Gasteiger partial charge in [0.15, 0.2) is 0 Å². The Hall–Kier alpha value is -0.990. The molecule has 0 aliphatic rings. The topological polar surface area (TPSA) is 41.1 Å². The lowest BCUT2D eigenvalue weighted by atomic mass is 10.3. The van der Waals surface area contributed by atoms with Crippen molar-refractivity contribution >= 4 is 5.91 Å². The molecule has 0 radical (unpaired) electrons. The number of amides is 1. The van der Waals surface area contributed by atoms with E-state index < -0.39 is 0 Å². The molecule has 3 heteroatoms. The monoisotopic (exact) mass is 170 g/mol. The number of carbonyl (C=O) groups is 1. The molecule has 3 nitrogen and oxygen atoms in total. The summed E-state index contributed by atoms with van der Waals surface area (Å²) in [6.07, 6.45) is 2.00. The lowest BCUT2D eigenvalue weighted by molar-refractivity contribution is -0.119. The Bertz CT molecular complexity index is 175. The van der Waals surface area contributed by atoms with Gasteiger partial charge in [0.2, 0.25) is 5.91 Å². The molecule has 2 N–H and O–H groups in total. The van der Waals surface area contributed by atoms with Gasteiger partial charge in [-0.05, 0) is 20.8 Å². The fraction of sp³-hybridized carbons (Fsp3) is 0.667. The van der Waals surface area contributed by atoms with Gasteiger partial charge in [-0.15, -0.1) is 0 Å². The largest absolute Gasteiger partial charge is 0.385 e. The second-order valence-corrected chi connectivity index (χ2v) is 2.95. The fourth-order valence-corrected chi connectivity index (χ4v) is 0.820. The van der Waals surface area contributed by atoms with Crippen LogP contribution in [0.25, 0.3) is 0 Å². The van der Waals surface area contributed by atoms with E-state index in [9.17, 15) is 4.79 Å². The highest BCUT2D eigenvalue weighted by Crippen LogP contribution is 1.88. The Morgan fingerprint density at radius 1 is 1.50 bits per heavy atom. The van der Waals surface area contributed by atoms with Crippen LogP contribution in [0.4, 0.5) is 0 Å². The van der Waals surface area contributed by atoms with Crippen LogP contribution in [0.15, 0.2) is 11.8 Å². The van der Waals surface area contributed by atoms with Gasteiger partial charge in [-0.2, -0.15) is 0 Å². The predicted molar refractivity (Wildman–Crippen MR) is 50.7 cm³/mol. The molecule has 0 aromatic rings. The zero-order chi connectivity index (χ0) is 9.56. The maximum Gasteiger partial charge on any atom is 0.216 e. The summed E-state index contributed by atoms with van der Waals surface area (Å²) in [4.78, 5) is 10.6. The molecule has 0 unspecified atom stereocenters. The number of hydrogen-bond acceptors (Lipinski definition) is 2. The van der Waals surface area contributed by atoms with E-state index in [1.807, 2.05) is 26.8 Å². The molecular formula is C9H18N2O. The molecule has 0 spiro atoms. The molecule has 1 amide bonds. The van der Waals surface area contributed by atoms with Gasteiger partial charge in [0, 0.05) is 25.2 Å². The summed E-state index contributed by atoms with van der Waals surface area (Å²) >= 11 is 0. The standard InChI is InChI=1S/C9H18N2O/c1-5-7(2)11-8(3)6-10-9(4)12/h5,8,11H,6H2,1-4H3,(H,10,12)/b7-5+/t8-/m0/s1. The first-order chi connectivity index (χ1) is 5.56. The van der Waals surface area contributed by atoms with Crippen LogP contribution in [0, 0.1) is 0 Å². The van der Waals surface area contributed by atoms with Gasteiger partial charge < -0.3 is 10.6 Å². The Kier molecular flexibility index (Phi) is 5.17. The minimum absolute atomic E-state index is 0.0155. The second kappa shape index (κ2) is 5.63. The van der Waals surface area contributed by atoms with Crippen molar-refractivity contribution in [2.45, 2.75) is 33.7 Å². The van der Waals surface area contributed by atoms with Crippen molar-refractivity contribution in [3.63, 3.8) is 0 Å². The lowest BCUT2D eigenvalue weighted by Gasteiger charge is -2.15. The Morgan fingerprint density at radius 2 is 2.08 bits per heavy atom. The average Bonchev–Trinajstić information content (AvgIpc) is 2.00. The van der Waals surface area contributed by atoms with Crippen LogP contribution in [-0.4, -0.2) is 18.5 Å². The highest BCUT2D eigenvalue weighted by molar-refractivity contribution is 5.72. The highest BCUT2D eigenvalue weighted by atomic mass is 16.1. The fourth-order valence-electron chi connectivity index (χ4n) is 0.820. The molecule has 0 saturated carbocycles. The van der Waals surface area contributed by atoms with Crippen LogP contribution in [0.2, 0.25) is 0 Å². The molecule has 0 fully saturated rings. The predicted octanol–water partition coefficient (Wildman–Crippen LogP) is 1.02. The van der Waals surface area contributed by atoms with Crippen molar-refractivity contribution in [1.82, 2.24) is 10.6 Å². The summed E-state index contributed by atoms with van der Waals surface area (Å²) in [6.45, 7) is 8.20. The van der Waals surface area contributed by atoms with Crippen molar-refractivity contribution in [2.24, 2.45) is 0 Å². The molecule has 0 heterocycles. The Labute approximate surface area is 74.2 Å². The first-order valence-electron chi connectivity index (χ1n) is 4.20. The molecule has 1 atom stereocenters. The van der Waals surface area contributed by atoms with E-state index in [0.29, 0.717) is 6.54 Å². The van der Waals surface area contributed by atoms with E-state index in [1.165, 1.54) is 6.92 Å². The van der Waals surface area contributed by atoms with E-state index in [2.05, 4.69) is 10.6 Å². The number of carbonyl (C=O) groups excluding carboxylic acids is 1. The van der Waals surface area contributed by atoms with E-state index in [4.69, 9.17) is 0 Å². The highest BCUT2D eigenvalue weighted by Gasteiger charge is 2.00. The first kappa shape index (κ1) is 11.0. The number of hydrogen-bond donors (Lipinski definition) is 2. The van der Waals surface area contributed by atoms with E-state index >= 15 is 0 Å². The van der Waals surface area contributed by atoms with Gasteiger partial charge in [0.1, 0.15) is 0 Å². The summed E-state index contributed by atoms with van der Waals surface area (Å²) in [6, 6.07) is 0.282. The molecule has 70 valence electrons. The zero-order valence-corrected chi connectivity index (χ0v) is 8.27. The van der Waals surface area contributed by atoms with Crippen LogP contribution < -0.4 is 10.6 Å². The minimum atomic E-state index is 0.0155. The smallest absolute Gasteiger partial charge is 0.216 e. The lowest BCUT2D eigenvalue weighted by Crippen LogP contribution is -2.37. The van der Waals surface area contributed by atoms with Crippen molar-refractivity contribution in [3.05, 3.63) is 11.8 Å². The van der Waals surface area contributed by atoms with Gasteiger partial charge in [0.05, 0.1) is 0 Å². The Balaban J connectivity index is 3.59. The summed E-state index contributed by atoms with van der Waals surface area (Å²) in [5.41, 5.74) is 1.13. The third kappa shape index (κ3) is 5.77. The van der Waals surface area contributed by atoms with Crippen molar-refractivity contribution in [2.75, 3.05) is 6.54 Å². The van der Waals surface area contributed by atoms with Crippen LogP contribution in [0.3, 0.4) is 0 Å². The maximum absolute atomic E-state index is 10.6. The average molecular weight is 170 g/mol. The van der Waals surface area contributed by atoms with Gasteiger partial charge in [-0.1, -0.05) is 6.08 Å². The molecule has 0 aliphatic carbocycles. The zero-order valence-electron chi connectivity index (χ0n) is 8.27. The van der Waals surface area contributed by atoms with E-state index in [0.717, 1.165) is 5.70 Å². The van der Waals surface area contributed by atoms with Crippen LogP contribution in [0.5, 0.6) is 0 Å². The molecule has 0 aromatic carbocycles. The Morgan fingerprint density at radius 3 is 2.50 bits per heavy atom. The van der Waals surface area contributed by atoms with E-state index in [1.54, 1.807) is 0 Å². The number of rotatable bonds is 4. The molecule has 12 heavy (non-hydrogen) atoms. The maximum atomic E-state index is 10.6. The molecule has 0 saturated heterocycles. The SMILES string of the molecule is C/C=C(\C)N[C@@H](C)CNC(C)=O. The van der Waals surface area contributed by atoms with Gasteiger partial charge in [0.25, 0.3) is 0 Å². The number of nitrogens with one attached hydrogen (secondary N) is 2. The molecule has 0 rings (SSSR count). The van der Waals surface area contributed by atoms with Crippen LogP contribution in [-0.2, 0) is 4.79 Å². The number of allylic oxidation sites excluding steroid dienone is 2. The third-order valence-electron chi connectivity index (χ3n) is 1.56. The second-order valence-electron chi connectivity index (χ2n) is 2.95. The molecule has 0 aromatic heterocycles. The summed E-state index contributed by atoms with van der Waals surface area (Å²) in [5.74, 6) is 0.0155. The van der Waals surface area contributed by atoms with Gasteiger partial charge in [-0.3, -0.25) is 4.79 Å².